The smallest absolute Gasteiger partial charge is 0.328 e. The van der Waals surface area contributed by atoms with Crippen molar-refractivity contribution in [1.82, 2.24) is 14.9 Å². The van der Waals surface area contributed by atoms with Crippen LogP contribution in [0, 0.1) is 11.3 Å². The average molecular weight is 558 g/mol. The van der Waals surface area contributed by atoms with Gasteiger partial charge in [-0.05, 0) is 38.3 Å². The molecule has 0 bridgehead atoms. The minimum Gasteiger partial charge on any atom is -0.497 e. The lowest BCUT2D eigenvalue weighted by atomic mass is 9.77. The van der Waals surface area contributed by atoms with Gasteiger partial charge in [-0.15, -0.1) is 0 Å². The van der Waals surface area contributed by atoms with Gasteiger partial charge in [0.15, 0.2) is 0 Å². The number of esters is 2. The van der Waals surface area contributed by atoms with Crippen LogP contribution in [0.3, 0.4) is 0 Å². The number of methoxy groups -OCH3 is 2. The third-order valence-electron chi connectivity index (χ3n) is 6.84. The Labute approximate surface area is 236 Å². The molecule has 10 nitrogen and oxygen atoms in total. The highest BCUT2D eigenvalue weighted by molar-refractivity contribution is 5.89. The first-order valence-electron chi connectivity index (χ1n) is 13.7. The molecule has 40 heavy (non-hydrogen) atoms. The molecule has 1 aromatic heterocycles. The molecule has 1 aromatic carbocycles. The molecule has 1 aliphatic rings. The Morgan fingerprint density at radius 1 is 1.02 bits per heavy atom. The van der Waals surface area contributed by atoms with E-state index in [1.807, 2.05) is 46.8 Å². The Morgan fingerprint density at radius 3 is 2.25 bits per heavy atom. The Kier molecular flexibility index (Phi) is 9.31. The Bertz CT molecular complexity index is 1250. The van der Waals surface area contributed by atoms with Gasteiger partial charge >= 0.3 is 11.9 Å². The molecule has 1 fully saturated rings. The monoisotopic (exact) mass is 557 g/mol. The van der Waals surface area contributed by atoms with Crippen LogP contribution < -0.4 is 9.47 Å². The first-order valence-corrected chi connectivity index (χ1v) is 13.7. The summed E-state index contributed by atoms with van der Waals surface area (Å²) < 4.78 is 22.3. The fourth-order valence-electron chi connectivity index (χ4n) is 4.78. The molecule has 1 saturated heterocycles. The lowest BCUT2D eigenvalue weighted by Crippen LogP contribution is -2.48. The van der Waals surface area contributed by atoms with Gasteiger partial charge in [0.05, 0.1) is 44.1 Å². The fourth-order valence-corrected chi connectivity index (χ4v) is 4.78. The number of hydrogen-bond acceptors (Lipinski definition) is 9. The van der Waals surface area contributed by atoms with E-state index in [4.69, 9.17) is 28.9 Å². The summed E-state index contributed by atoms with van der Waals surface area (Å²) >= 11 is 0. The average Bonchev–Trinajstić information content (AvgIpc) is 3.27. The van der Waals surface area contributed by atoms with E-state index in [2.05, 4.69) is 0 Å². The molecule has 0 radical (unpaired) electrons. The second-order valence-electron chi connectivity index (χ2n) is 12.6. The zero-order chi connectivity index (χ0) is 30.0. The van der Waals surface area contributed by atoms with E-state index >= 15 is 0 Å². The van der Waals surface area contributed by atoms with Crippen molar-refractivity contribution in [3.8, 4) is 11.6 Å². The Balaban J connectivity index is 1.92. The van der Waals surface area contributed by atoms with Crippen molar-refractivity contribution >= 4 is 28.9 Å². The molecule has 0 N–H and O–H groups in total. The van der Waals surface area contributed by atoms with Gasteiger partial charge in [0.25, 0.3) is 0 Å². The normalized spacial score (nSPS) is 18.5. The maximum absolute atomic E-state index is 14.0. The number of likely N-dealkylation sites (tertiary alicyclic amines) is 1. The van der Waals surface area contributed by atoms with E-state index in [-0.39, 0.29) is 31.2 Å². The van der Waals surface area contributed by atoms with E-state index in [1.54, 1.807) is 33.9 Å². The van der Waals surface area contributed by atoms with Crippen LogP contribution >= 0.6 is 0 Å². The standard InChI is InChI=1S/C30H43N3O7/c1-17(2)25-26(32-22-13-18(37-9)11-12-21(22)31-25)39-19-14-23(28(36)38-10)33(16-19)27(35)20(29(3,4)5)15-24(34)40-30(6,7)8/h11-13,17,19-20,23H,14-16H2,1-10H3/t19-,20-,23+/m1/s1. The molecule has 0 spiro atoms. The van der Waals surface area contributed by atoms with Gasteiger partial charge in [-0.2, -0.15) is 0 Å². The second-order valence-corrected chi connectivity index (χ2v) is 12.6. The van der Waals surface area contributed by atoms with E-state index < -0.39 is 41.0 Å². The molecule has 220 valence electrons. The van der Waals surface area contributed by atoms with E-state index in [0.29, 0.717) is 28.4 Å². The van der Waals surface area contributed by atoms with Gasteiger partial charge < -0.3 is 23.8 Å². The molecule has 3 rings (SSSR count). The SMILES string of the molecule is COC(=O)[C@@H]1C[C@@H](Oc2nc3cc(OC)ccc3nc2C(C)C)CN1C(=O)[C@@H](CC(=O)OC(C)(C)C)C(C)(C)C. The quantitative estimate of drug-likeness (QED) is 0.427. The molecule has 2 aromatic rings. The first kappa shape index (κ1) is 31.1. The van der Waals surface area contributed by atoms with Crippen LogP contribution in [-0.4, -0.2) is 71.2 Å². The Morgan fingerprint density at radius 2 is 1.70 bits per heavy atom. The summed E-state index contributed by atoms with van der Waals surface area (Å²) in [6, 6.07) is 4.59. The van der Waals surface area contributed by atoms with Crippen LogP contribution in [0.1, 0.15) is 79.8 Å². The highest BCUT2D eigenvalue weighted by Crippen LogP contribution is 2.36. The van der Waals surface area contributed by atoms with Crippen molar-refractivity contribution < 1.29 is 33.3 Å². The summed E-state index contributed by atoms with van der Waals surface area (Å²) in [6.45, 7) is 15.2. The summed E-state index contributed by atoms with van der Waals surface area (Å²) in [5, 5.41) is 0. The van der Waals surface area contributed by atoms with Crippen molar-refractivity contribution in [1.29, 1.82) is 0 Å². The van der Waals surface area contributed by atoms with Crippen LogP contribution in [0.4, 0.5) is 0 Å². The number of amides is 1. The maximum Gasteiger partial charge on any atom is 0.328 e. The summed E-state index contributed by atoms with van der Waals surface area (Å²) in [4.78, 5) is 50.5. The lowest BCUT2D eigenvalue weighted by Gasteiger charge is -2.34. The summed E-state index contributed by atoms with van der Waals surface area (Å²) in [5.41, 5.74) is 0.751. The number of carbonyl (C=O) groups is 3. The van der Waals surface area contributed by atoms with Gasteiger partial charge in [0.2, 0.25) is 11.8 Å². The molecule has 10 heteroatoms. The number of hydrogen-bond donors (Lipinski definition) is 0. The van der Waals surface area contributed by atoms with Gasteiger partial charge in [0.1, 0.15) is 29.2 Å². The van der Waals surface area contributed by atoms with Crippen molar-refractivity contribution in [2.75, 3.05) is 20.8 Å². The molecule has 0 saturated carbocycles. The van der Waals surface area contributed by atoms with Crippen molar-refractivity contribution in [2.24, 2.45) is 11.3 Å². The molecule has 1 amide bonds. The van der Waals surface area contributed by atoms with Crippen LogP contribution in [0.5, 0.6) is 11.6 Å². The fraction of sp³-hybridized carbons (Fsp3) is 0.633. The maximum atomic E-state index is 14.0. The first-order chi connectivity index (χ1) is 18.5. The number of fused-ring (bicyclic) bond motifs is 1. The highest BCUT2D eigenvalue weighted by Gasteiger charge is 2.46. The summed E-state index contributed by atoms with van der Waals surface area (Å²) in [7, 11) is 2.87. The third kappa shape index (κ3) is 7.40. The van der Waals surface area contributed by atoms with Gasteiger partial charge in [-0.1, -0.05) is 34.6 Å². The molecule has 2 heterocycles. The number of carbonyl (C=O) groups excluding carboxylic acids is 3. The number of rotatable bonds is 8. The molecule has 1 aliphatic heterocycles. The largest absolute Gasteiger partial charge is 0.497 e. The predicted octanol–water partition coefficient (Wildman–Crippen LogP) is 4.68. The molecule has 0 aliphatic carbocycles. The van der Waals surface area contributed by atoms with Crippen molar-refractivity contribution in [3.05, 3.63) is 23.9 Å². The van der Waals surface area contributed by atoms with Crippen molar-refractivity contribution in [3.63, 3.8) is 0 Å². The number of nitrogens with zero attached hydrogens (tertiary/aromatic N) is 3. The van der Waals surface area contributed by atoms with Gasteiger partial charge in [0, 0.05) is 18.4 Å². The lowest BCUT2D eigenvalue weighted by molar-refractivity contribution is -0.162. The molecular formula is C30H43N3O7. The van der Waals surface area contributed by atoms with Crippen molar-refractivity contribution in [2.45, 2.75) is 91.9 Å². The second kappa shape index (κ2) is 12.0. The summed E-state index contributed by atoms with van der Waals surface area (Å²) in [6.07, 6.45) is -0.424. The predicted molar refractivity (Wildman–Crippen MR) is 150 cm³/mol. The van der Waals surface area contributed by atoms with Gasteiger partial charge in [-0.3, -0.25) is 9.59 Å². The molecular weight excluding hydrogens is 514 g/mol. The minimum absolute atomic E-state index is 0.0173. The van der Waals surface area contributed by atoms with Crippen LogP contribution in [0.25, 0.3) is 11.0 Å². The minimum atomic E-state index is -0.859. The zero-order valence-electron chi connectivity index (χ0n) is 25.4. The van der Waals surface area contributed by atoms with Crippen LogP contribution in [0.2, 0.25) is 0 Å². The molecule has 3 atom stereocenters. The van der Waals surface area contributed by atoms with Crippen LogP contribution in [-0.2, 0) is 23.9 Å². The van der Waals surface area contributed by atoms with E-state index in [9.17, 15) is 14.4 Å². The third-order valence-corrected chi connectivity index (χ3v) is 6.84. The molecule has 0 unspecified atom stereocenters. The Hall–Kier alpha value is -3.43. The number of benzene rings is 1. The van der Waals surface area contributed by atoms with Crippen LogP contribution in [0.15, 0.2) is 18.2 Å². The number of ether oxygens (including phenoxy) is 4. The van der Waals surface area contributed by atoms with Gasteiger partial charge in [-0.25, -0.2) is 14.8 Å². The van der Waals surface area contributed by atoms with E-state index in [1.165, 1.54) is 12.0 Å². The zero-order valence-corrected chi connectivity index (χ0v) is 25.4. The van der Waals surface area contributed by atoms with E-state index in [0.717, 1.165) is 0 Å². The summed E-state index contributed by atoms with van der Waals surface area (Å²) in [5.74, 6) is -1.03. The topological polar surface area (TPSA) is 117 Å². The number of aromatic nitrogens is 2. The highest BCUT2D eigenvalue weighted by atomic mass is 16.6.